The van der Waals surface area contributed by atoms with E-state index in [1.807, 2.05) is 43.5 Å². The summed E-state index contributed by atoms with van der Waals surface area (Å²) in [4.78, 5) is 13.7. The Kier molecular flexibility index (Phi) is 2.90. The molecule has 4 aromatic heterocycles. The summed E-state index contributed by atoms with van der Waals surface area (Å²) in [5.74, 6) is 0.846. The fourth-order valence-corrected chi connectivity index (χ4v) is 3.06. The van der Waals surface area contributed by atoms with Crippen molar-refractivity contribution >= 4 is 22.1 Å². The molecule has 0 aliphatic rings. The standard InChI is InChI=1S/C19H14N6/c1-12-2-4-17-19(22-12)25(18(23-17)13-6-8-20-9-7-13)15-3-5-16-14(10-15)11-21-24-16/h2-11H,1H3,(H,21,24). The van der Waals surface area contributed by atoms with Gasteiger partial charge in [0.15, 0.2) is 5.65 Å². The van der Waals surface area contributed by atoms with Crippen LogP contribution in [0, 0.1) is 6.92 Å². The topological polar surface area (TPSA) is 72.3 Å². The van der Waals surface area contributed by atoms with Gasteiger partial charge in [0.25, 0.3) is 0 Å². The van der Waals surface area contributed by atoms with Crippen LogP contribution in [0.4, 0.5) is 0 Å². The molecular weight excluding hydrogens is 312 g/mol. The lowest BCUT2D eigenvalue weighted by molar-refractivity contribution is 1.07. The van der Waals surface area contributed by atoms with E-state index in [2.05, 4.69) is 31.9 Å². The van der Waals surface area contributed by atoms with E-state index < -0.39 is 0 Å². The van der Waals surface area contributed by atoms with E-state index in [0.717, 1.165) is 44.8 Å². The van der Waals surface area contributed by atoms with Crippen LogP contribution in [0.3, 0.4) is 0 Å². The van der Waals surface area contributed by atoms with Gasteiger partial charge >= 0.3 is 0 Å². The third-order valence-electron chi connectivity index (χ3n) is 4.26. The van der Waals surface area contributed by atoms with Gasteiger partial charge in [0, 0.05) is 34.7 Å². The zero-order valence-corrected chi connectivity index (χ0v) is 13.5. The first-order valence-electron chi connectivity index (χ1n) is 7.99. The van der Waals surface area contributed by atoms with E-state index in [9.17, 15) is 0 Å². The lowest BCUT2D eigenvalue weighted by Crippen LogP contribution is -1.99. The van der Waals surface area contributed by atoms with Crippen LogP contribution < -0.4 is 0 Å². The van der Waals surface area contributed by atoms with E-state index >= 15 is 0 Å². The van der Waals surface area contributed by atoms with Gasteiger partial charge in [0.05, 0.1) is 11.7 Å². The maximum atomic E-state index is 4.82. The molecule has 5 rings (SSSR count). The van der Waals surface area contributed by atoms with Crippen molar-refractivity contribution < 1.29 is 0 Å². The molecule has 25 heavy (non-hydrogen) atoms. The summed E-state index contributed by atoms with van der Waals surface area (Å²) in [6.45, 7) is 1.99. The van der Waals surface area contributed by atoms with Gasteiger partial charge in [0.2, 0.25) is 0 Å². The molecule has 0 aliphatic heterocycles. The summed E-state index contributed by atoms with van der Waals surface area (Å²) in [6, 6.07) is 14.1. The van der Waals surface area contributed by atoms with Crippen molar-refractivity contribution in [1.82, 2.24) is 29.7 Å². The molecular formula is C19H14N6. The van der Waals surface area contributed by atoms with Crippen molar-refractivity contribution in [2.45, 2.75) is 6.92 Å². The van der Waals surface area contributed by atoms with Crippen LogP contribution in [-0.2, 0) is 0 Å². The number of hydrogen-bond donors (Lipinski definition) is 1. The van der Waals surface area contributed by atoms with Gasteiger partial charge in [-0.25, -0.2) is 9.97 Å². The Bertz CT molecular complexity index is 1200. The van der Waals surface area contributed by atoms with Gasteiger partial charge in [0.1, 0.15) is 11.3 Å². The Balaban J connectivity index is 1.86. The number of hydrogen-bond acceptors (Lipinski definition) is 4. The molecule has 0 amide bonds. The first kappa shape index (κ1) is 13.9. The number of imidazole rings is 1. The quantitative estimate of drug-likeness (QED) is 0.537. The average molecular weight is 326 g/mol. The molecule has 0 unspecified atom stereocenters. The molecule has 4 heterocycles. The van der Waals surface area contributed by atoms with Crippen LogP contribution in [0.25, 0.3) is 39.1 Å². The smallest absolute Gasteiger partial charge is 0.165 e. The molecule has 0 bridgehead atoms. The summed E-state index contributed by atoms with van der Waals surface area (Å²) in [7, 11) is 0. The summed E-state index contributed by atoms with van der Waals surface area (Å²) < 4.78 is 2.09. The van der Waals surface area contributed by atoms with E-state index in [-0.39, 0.29) is 0 Å². The number of nitrogens with zero attached hydrogens (tertiary/aromatic N) is 5. The molecule has 0 aliphatic carbocycles. The molecule has 0 saturated heterocycles. The average Bonchev–Trinajstić information content (AvgIpc) is 3.25. The molecule has 120 valence electrons. The number of fused-ring (bicyclic) bond motifs is 2. The van der Waals surface area contributed by atoms with Crippen molar-refractivity contribution in [2.24, 2.45) is 0 Å². The lowest BCUT2D eigenvalue weighted by Gasteiger charge is -2.09. The van der Waals surface area contributed by atoms with Gasteiger partial charge < -0.3 is 0 Å². The predicted molar refractivity (Wildman–Crippen MR) is 96.5 cm³/mol. The summed E-state index contributed by atoms with van der Waals surface area (Å²) >= 11 is 0. The number of rotatable bonds is 2. The molecule has 0 radical (unpaired) electrons. The normalized spacial score (nSPS) is 11.4. The second-order valence-electron chi connectivity index (χ2n) is 5.94. The van der Waals surface area contributed by atoms with Crippen molar-refractivity contribution in [3.8, 4) is 17.1 Å². The third-order valence-corrected chi connectivity index (χ3v) is 4.26. The zero-order chi connectivity index (χ0) is 16.8. The number of aryl methyl sites for hydroxylation is 1. The minimum absolute atomic E-state index is 0.842. The molecule has 6 nitrogen and oxygen atoms in total. The van der Waals surface area contributed by atoms with E-state index in [4.69, 9.17) is 9.97 Å². The number of nitrogens with one attached hydrogen (secondary N) is 1. The molecule has 0 fully saturated rings. The highest BCUT2D eigenvalue weighted by Crippen LogP contribution is 2.28. The SMILES string of the molecule is Cc1ccc2nc(-c3ccncc3)n(-c3ccc4[nH]ncc4c3)c2n1. The second kappa shape index (κ2) is 5.24. The molecule has 1 N–H and O–H groups in total. The number of benzene rings is 1. The Morgan fingerprint density at radius 2 is 1.84 bits per heavy atom. The first-order valence-corrected chi connectivity index (χ1v) is 7.99. The monoisotopic (exact) mass is 326 g/mol. The minimum atomic E-state index is 0.842. The number of aromatic nitrogens is 6. The van der Waals surface area contributed by atoms with Gasteiger partial charge in [-0.05, 0) is 49.4 Å². The zero-order valence-electron chi connectivity index (χ0n) is 13.5. The van der Waals surface area contributed by atoms with Crippen LogP contribution in [0.15, 0.2) is 61.1 Å². The molecule has 0 spiro atoms. The number of aromatic amines is 1. The molecule has 0 saturated carbocycles. The van der Waals surface area contributed by atoms with Gasteiger partial charge in [-0.2, -0.15) is 5.10 Å². The van der Waals surface area contributed by atoms with Crippen LogP contribution in [0.5, 0.6) is 0 Å². The highest BCUT2D eigenvalue weighted by atomic mass is 15.1. The summed E-state index contributed by atoms with van der Waals surface area (Å²) in [5.41, 5.74) is 5.67. The fraction of sp³-hybridized carbons (Fsp3) is 0.0526. The van der Waals surface area contributed by atoms with Gasteiger partial charge in [-0.1, -0.05) is 0 Å². The Hall–Kier alpha value is -3.54. The van der Waals surface area contributed by atoms with Gasteiger partial charge in [-0.3, -0.25) is 14.6 Å². The Morgan fingerprint density at radius 1 is 0.960 bits per heavy atom. The highest BCUT2D eigenvalue weighted by Gasteiger charge is 2.16. The fourth-order valence-electron chi connectivity index (χ4n) is 3.06. The maximum absolute atomic E-state index is 4.82. The largest absolute Gasteiger partial charge is 0.278 e. The van der Waals surface area contributed by atoms with Crippen molar-refractivity contribution in [2.75, 3.05) is 0 Å². The van der Waals surface area contributed by atoms with Crippen molar-refractivity contribution in [1.29, 1.82) is 0 Å². The summed E-state index contributed by atoms with van der Waals surface area (Å²) in [6.07, 6.45) is 5.37. The van der Waals surface area contributed by atoms with Gasteiger partial charge in [-0.15, -0.1) is 0 Å². The number of pyridine rings is 2. The van der Waals surface area contributed by atoms with Crippen LogP contribution in [0.1, 0.15) is 5.69 Å². The molecule has 1 aromatic carbocycles. The third kappa shape index (κ3) is 2.19. The minimum Gasteiger partial charge on any atom is -0.278 e. The van der Waals surface area contributed by atoms with E-state index in [1.165, 1.54) is 0 Å². The second-order valence-corrected chi connectivity index (χ2v) is 5.94. The first-order chi connectivity index (χ1) is 12.3. The summed E-state index contributed by atoms with van der Waals surface area (Å²) in [5, 5.41) is 8.14. The van der Waals surface area contributed by atoms with Crippen LogP contribution in [-0.4, -0.2) is 29.7 Å². The maximum Gasteiger partial charge on any atom is 0.165 e. The predicted octanol–water partition coefficient (Wildman–Crippen LogP) is 3.67. The van der Waals surface area contributed by atoms with E-state index in [1.54, 1.807) is 12.4 Å². The van der Waals surface area contributed by atoms with Crippen LogP contribution in [0.2, 0.25) is 0 Å². The highest BCUT2D eigenvalue weighted by molar-refractivity contribution is 5.84. The lowest BCUT2D eigenvalue weighted by atomic mass is 10.2. The van der Waals surface area contributed by atoms with Crippen molar-refractivity contribution in [3.63, 3.8) is 0 Å². The van der Waals surface area contributed by atoms with E-state index in [0.29, 0.717) is 0 Å². The molecule has 5 aromatic rings. The number of H-pyrrole nitrogens is 1. The van der Waals surface area contributed by atoms with Crippen LogP contribution >= 0.6 is 0 Å². The Labute approximate surface area is 143 Å². The molecule has 0 atom stereocenters. The molecule has 6 heteroatoms. The van der Waals surface area contributed by atoms with Crippen molar-refractivity contribution in [3.05, 3.63) is 66.7 Å². The Morgan fingerprint density at radius 3 is 2.72 bits per heavy atom.